The summed E-state index contributed by atoms with van der Waals surface area (Å²) in [5.41, 5.74) is 0.750. The van der Waals surface area contributed by atoms with Crippen molar-refractivity contribution in [3.05, 3.63) is 24.5 Å². The SMILES string of the molecule is O=C(O)CCC(=O)N1CC[C@H]2[C@H]1CC(=O)N2c1cccnc1. The molecule has 2 saturated heterocycles. The summed E-state index contributed by atoms with van der Waals surface area (Å²) in [6.45, 7) is 0.567. The lowest BCUT2D eigenvalue weighted by atomic mass is 10.1. The van der Waals surface area contributed by atoms with E-state index in [2.05, 4.69) is 4.98 Å². The summed E-state index contributed by atoms with van der Waals surface area (Å²) in [5, 5.41) is 8.69. The van der Waals surface area contributed by atoms with Gasteiger partial charge in [-0.05, 0) is 18.6 Å². The minimum absolute atomic E-state index is 0.0142. The van der Waals surface area contributed by atoms with E-state index in [1.54, 1.807) is 28.3 Å². The van der Waals surface area contributed by atoms with Crippen LogP contribution in [0.4, 0.5) is 5.69 Å². The molecule has 0 spiro atoms. The Morgan fingerprint density at radius 2 is 2.14 bits per heavy atom. The van der Waals surface area contributed by atoms with Gasteiger partial charge in [0.25, 0.3) is 0 Å². The van der Waals surface area contributed by atoms with Crippen molar-refractivity contribution in [2.24, 2.45) is 0 Å². The van der Waals surface area contributed by atoms with Crippen molar-refractivity contribution >= 4 is 23.5 Å². The molecule has 2 fully saturated rings. The summed E-state index contributed by atoms with van der Waals surface area (Å²) in [4.78, 5) is 42.5. The molecule has 2 aliphatic heterocycles. The molecular formula is C15H17N3O4. The van der Waals surface area contributed by atoms with Gasteiger partial charge in [0.1, 0.15) is 0 Å². The van der Waals surface area contributed by atoms with Crippen LogP contribution in [0.1, 0.15) is 25.7 Å². The molecule has 7 heteroatoms. The number of amides is 2. The van der Waals surface area contributed by atoms with E-state index in [-0.39, 0.29) is 36.7 Å². The Morgan fingerprint density at radius 1 is 1.32 bits per heavy atom. The number of carboxylic acid groups (broad SMARTS) is 1. The topological polar surface area (TPSA) is 90.8 Å². The molecule has 0 bridgehead atoms. The number of aromatic nitrogens is 1. The van der Waals surface area contributed by atoms with Crippen molar-refractivity contribution in [1.82, 2.24) is 9.88 Å². The van der Waals surface area contributed by atoms with E-state index in [1.807, 2.05) is 6.07 Å². The first-order valence-electron chi connectivity index (χ1n) is 7.31. The Kier molecular flexibility index (Phi) is 3.79. The van der Waals surface area contributed by atoms with Gasteiger partial charge < -0.3 is 14.9 Å². The first-order chi connectivity index (χ1) is 10.6. The molecule has 3 heterocycles. The van der Waals surface area contributed by atoms with Crippen LogP contribution in [-0.2, 0) is 14.4 Å². The number of anilines is 1. The van der Waals surface area contributed by atoms with Gasteiger partial charge in [-0.1, -0.05) is 0 Å². The van der Waals surface area contributed by atoms with Crippen LogP contribution < -0.4 is 4.90 Å². The average molecular weight is 303 g/mol. The monoisotopic (exact) mass is 303 g/mol. The van der Waals surface area contributed by atoms with Gasteiger partial charge in [-0.2, -0.15) is 0 Å². The van der Waals surface area contributed by atoms with Crippen molar-refractivity contribution in [3.63, 3.8) is 0 Å². The molecule has 1 aromatic heterocycles. The summed E-state index contributed by atoms with van der Waals surface area (Å²) in [6, 6.07) is 3.42. The third-order valence-electron chi connectivity index (χ3n) is 4.29. The van der Waals surface area contributed by atoms with Crippen LogP contribution in [0, 0.1) is 0 Å². The second-order valence-corrected chi connectivity index (χ2v) is 5.58. The fraction of sp³-hybridized carbons (Fsp3) is 0.467. The Labute approximate surface area is 127 Å². The van der Waals surface area contributed by atoms with Crippen molar-refractivity contribution in [1.29, 1.82) is 0 Å². The van der Waals surface area contributed by atoms with E-state index in [9.17, 15) is 14.4 Å². The van der Waals surface area contributed by atoms with Gasteiger partial charge in [-0.3, -0.25) is 19.4 Å². The van der Waals surface area contributed by atoms with Crippen molar-refractivity contribution in [3.8, 4) is 0 Å². The van der Waals surface area contributed by atoms with Crippen molar-refractivity contribution < 1.29 is 19.5 Å². The van der Waals surface area contributed by atoms with E-state index in [0.29, 0.717) is 19.4 Å². The zero-order valence-electron chi connectivity index (χ0n) is 12.0. The quantitative estimate of drug-likeness (QED) is 0.882. The number of nitrogens with zero attached hydrogens (tertiary/aromatic N) is 3. The Hall–Kier alpha value is -2.44. The van der Waals surface area contributed by atoms with Gasteiger partial charge >= 0.3 is 5.97 Å². The normalized spacial score (nSPS) is 23.7. The van der Waals surface area contributed by atoms with Crippen LogP contribution in [0.2, 0.25) is 0 Å². The van der Waals surface area contributed by atoms with E-state index in [1.165, 1.54) is 0 Å². The maximum atomic E-state index is 12.3. The van der Waals surface area contributed by atoms with Crippen molar-refractivity contribution in [2.45, 2.75) is 37.8 Å². The molecule has 3 rings (SSSR count). The number of hydrogen-bond acceptors (Lipinski definition) is 4. The van der Waals surface area contributed by atoms with Crippen molar-refractivity contribution in [2.75, 3.05) is 11.4 Å². The first kappa shape index (κ1) is 14.5. The van der Waals surface area contributed by atoms with Gasteiger partial charge in [-0.15, -0.1) is 0 Å². The van der Waals surface area contributed by atoms with Crippen LogP contribution in [-0.4, -0.2) is 51.4 Å². The van der Waals surface area contributed by atoms with Gasteiger partial charge in [0.05, 0.1) is 30.4 Å². The van der Waals surface area contributed by atoms with Crippen LogP contribution in [0.3, 0.4) is 0 Å². The molecule has 2 atom stereocenters. The van der Waals surface area contributed by atoms with Crippen LogP contribution in [0.25, 0.3) is 0 Å². The number of likely N-dealkylation sites (tertiary alicyclic amines) is 1. The number of carboxylic acids is 1. The summed E-state index contributed by atoms with van der Waals surface area (Å²) in [5.74, 6) is -1.18. The highest BCUT2D eigenvalue weighted by Gasteiger charge is 2.48. The fourth-order valence-corrected chi connectivity index (χ4v) is 3.35. The predicted molar refractivity (Wildman–Crippen MR) is 77.1 cm³/mol. The van der Waals surface area contributed by atoms with Gasteiger partial charge in [0.15, 0.2) is 0 Å². The molecule has 0 saturated carbocycles. The summed E-state index contributed by atoms with van der Waals surface area (Å²) < 4.78 is 0. The number of carbonyl (C=O) groups excluding carboxylic acids is 2. The van der Waals surface area contributed by atoms with Crippen LogP contribution in [0.15, 0.2) is 24.5 Å². The number of hydrogen-bond donors (Lipinski definition) is 1. The third-order valence-corrected chi connectivity index (χ3v) is 4.29. The second-order valence-electron chi connectivity index (χ2n) is 5.58. The summed E-state index contributed by atoms with van der Waals surface area (Å²) in [6.07, 6.45) is 4.11. The summed E-state index contributed by atoms with van der Waals surface area (Å²) in [7, 11) is 0. The predicted octanol–water partition coefficient (Wildman–Crippen LogP) is 0.653. The number of rotatable bonds is 4. The molecule has 2 amide bonds. The maximum absolute atomic E-state index is 12.3. The lowest BCUT2D eigenvalue weighted by Gasteiger charge is -2.25. The van der Waals surface area contributed by atoms with Gasteiger partial charge in [-0.25, -0.2) is 0 Å². The second kappa shape index (κ2) is 5.75. The molecule has 0 aliphatic carbocycles. The molecule has 0 unspecified atom stereocenters. The maximum Gasteiger partial charge on any atom is 0.303 e. The van der Waals surface area contributed by atoms with E-state index in [4.69, 9.17) is 5.11 Å². The highest BCUT2D eigenvalue weighted by molar-refractivity contribution is 5.98. The standard InChI is InChI=1S/C15H17N3O4/c19-13(3-4-15(21)22)17-7-5-11-12(17)8-14(20)18(11)10-2-1-6-16-9-10/h1-2,6,9,11-12H,3-5,7-8H2,(H,21,22)/t11-,12+/m0/s1. The minimum atomic E-state index is -0.983. The molecule has 22 heavy (non-hydrogen) atoms. The van der Waals surface area contributed by atoms with E-state index < -0.39 is 5.97 Å². The Bertz CT molecular complexity index is 604. The molecule has 116 valence electrons. The highest BCUT2D eigenvalue weighted by Crippen LogP contribution is 2.35. The highest BCUT2D eigenvalue weighted by atomic mass is 16.4. The number of aliphatic carboxylic acids is 1. The van der Waals surface area contributed by atoms with Crippen LogP contribution in [0.5, 0.6) is 0 Å². The average Bonchev–Trinajstić information content (AvgIpc) is 3.03. The number of pyridine rings is 1. The molecular weight excluding hydrogens is 286 g/mol. The Morgan fingerprint density at radius 3 is 2.82 bits per heavy atom. The molecule has 0 aromatic carbocycles. The van der Waals surface area contributed by atoms with Gasteiger partial charge in [0.2, 0.25) is 11.8 Å². The molecule has 0 radical (unpaired) electrons. The zero-order chi connectivity index (χ0) is 15.7. The molecule has 1 aromatic rings. The van der Waals surface area contributed by atoms with E-state index >= 15 is 0 Å². The smallest absolute Gasteiger partial charge is 0.303 e. The number of carbonyl (C=O) groups is 3. The van der Waals surface area contributed by atoms with Crippen LogP contribution >= 0.6 is 0 Å². The summed E-state index contributed by atoms with van der Waals surface area (Å²) >= 11 is 0. The molecule has 7 nitrogen and oxygen atoms in total. The largest absolute Gasteiger partial charge is 0.481 e. The minimum Gasteiger partial charge on any atom is -0.481 e. The molecule has 1 N–H and O–H groups in total. The van der Waals surface area contributed by atoms with E-state index in [0.717, 1.165) is 5.69 Å². The Balaban J connectivity index is 1.74. The number of fused-ring (bicyclic) bond motifs is 1. The lowest BCUT2D eigenvalue weighted by Crippen LogP contribution is -2.40. The first-order valence-corrected chi connectivity index (χ1v) is 7.31. The molecule has 2 aliphatic rings. The fourth-order valence-electron chi connectivity index (χ4n) is 3.35. The van der Waals surface area contributed by atoms with Gasteiger partial charge in [0, 0.05) is 25.6 Å². The third kappa shape index (κ3) is 2.54. The lowest BCUT2D eigenvalue weighted by molar-refractivity contribution is -0.141. The zero-order valence-corrected chi connectivity index (χ0v) is 12.0.